The molecule has 1 aromatic heterocycles. The van der Waals surface area contributed by atoms with Crippen LogP contribution in [0.1, 0.15) is 37.3 Å². The van der Waals surface area contributed by atoms with Crippen LogP contribution in [-0.4, -0.2) is 29.0 Å². The number of nitriles is 1. The Balaban J connectivity index is 1.93. The molecular weight excluding hydrogens is 234 g/mol. The molecule has 1 aromatic carbocycles. The van der Waals surface area contributed by atoms with Crippen molar-refractivity contribution in [2.75, 3.05) is 13.1 Å². The second kappa shape index (κ2) is 4.71. The second-order valence-electron chi connectivity index (χ2n) is 5.25. The van der Waals surface area contributed by atoms with Gasteiger partial charge in [-0.1, -0.05) is 13.8 Å². The maximum absolute atomic E-state index is 9.03. The third-order valence-electron chi connectivity index (χ3n) is 4.28. The number of benzene rings is 1. The first-order chi connectivity index (χ1) is 9.28. The van der Waals surface area contributed by atoms with Crippen molar-refractivity contribution in [3.05, 3.63) is 35.5 Å². The third-order valence-corrected chi connectivity index (χ3v) is 4.28. The van der Waals surface area contributed by atoms with Crippen LogP contribution in [0, 0.1) is 11.3 Å². The van der Waals surface area contributed by atoms with Crippen LogP contribution in [0.15, 0.2) is 24.4 Å². The summed E-state index contributed by atoms with van der Waals surface area (Å²) >= 11 is 0. The molecule has 0 amide bonds. The van der Waals surface area contributed by atoms with E-state index >= 15 is 0 Å². The van der Waals surface area contributed by atoms with Crippen LogP contribution < -0.4 is 0 Å². The lowest BCUT2D eigenvalue weighted by Crippen LogP contribution is -2.26. The zero-order valence-corrected chi connectivity index (χ0v) is 11.5. The summed E-state index contributed by atoms with van der Waals surface area (Å²) in [6.45, 7) is 6.68. The van der Waals surface area contributed by atoms with Crippen molar-refractivity contribution in [1.29, 1.82) is 5.26 Å². The highest BCUT2D eigenvalue weighted by Gasteiger charge is 2.42. The van der Waals surface area contributed by atoms with Gasteiger partial charge in [-0.15, -0.1) is 0 Å². The summed E-state index contributed by atoms with van der Waals surface area (Å²) in [4.78, 5) is 5.85. The van der Waals surface area contributed by atoms with Crippen molar-refractivity contribution in [3.63, 3.8) is 0 Å². The lowest BCUT2D eigenvalue weighted by molar-refractivity contribution is 0.288. The predicted molar refractivity (Wildman–Crippen MR) is 77.1 cm³/mol. The molecule has 3 rings (SSSR count). The number of hydrogen-bond donors (Lipinski definition) is 1. The summed E-state index contributed by atoms with van der Waals surface area (Å²) in [5, 5.41) is 10.2. The number of aromatic amines is 1. The molecule has 0 radical (unpaired) electrons. The van der Waals surface area contributed by atoms with Gasteiger partial charge in [0.2, 0.25) is 0 Å². The Kier molecular flexibility index (Phi) is 3.04. The first kappa shape index (κ1) is 12.3. The molecule has 3 heteroatoms. The van der Waals surface area contributed by atoms with Crippen molar-refractivity contribution in [2.24, 2.45) is 0 Å². The van der Waals surface area contributed by atoms with Crippen LogP contribution >= 0.6 is 0 Å². The third kappa shape index (κ3) is 2.02. The minimum atomic E-state index is 0.627. The van der Waals surface area contributed by atoms with Gasteiger partial charge in [0.05, 0.1) is 11.6 Å². The van der Waals surface area contributed by atoms with E-state index in [1.54, 1.807) is 0 Å². The quantitative estimate of drug-likeness (QED) is 0.909. The Labute approximate surface area is 113 Å². The first-order valence-electron chi connectivity index (χ1n) is 7.03. The van der Waals surface area contributed by atoms with E-state index in [1.165, 1.54) is 17.4 Å². The molecule has 2 atom stereocenters. The Morgan fingerprint density at radius 2 is 2.16 bits per heavy atom. The predicted octanol–water partition coefficient (Wildman–Crippen LogP) is 3.24. The number of likely N-dealkylation sites (N-methyl/N-ethyl adjacent to an activating group) is 1. The second-order valence-corrected chi connectivity index (χ2v) is 5.25. The lowest BCUT2D eigenvalue weighted by atomic mass is 10.1. The Hall–Kier alpha value is -1.79. The number of nitrogens with zero attached hydrogens (tertiary/aromatic N) is 2. The molecule has 1 fully saturated rings. The number of aromatic nitrogens is 1. The maximum Gasteiger partial charge on any atom is 0.0991 e. The van der Waals surface area contributed by atoms with Crippen LogP contribution in [0.4, 0.5) is 0 Å². The fourth-order valence-corrected chi connectivity index (χ4v) is 3.13. The lowest BCUT2D eigenvalue weighted by Gasteiger charge is -2.17. The minimum Gasteiger partial charge on any atom is -0.361 e. The van der Waals surface area contributed by atoms with Crippen LogP contribution in [0.5, 0.6) is 0 Å². The fraction of sp³-hybridized carbons (Fsp3) is 0.438. The molecule has 19 heavy (non-hydrogen) atoms. The molecular formula is C16H19N3. The summed E-state index contributed by atoms with van der Waals surface area (Å²) in [5.74, 6) is 0.627. The van der Waals surface area contributed by atoms with Gasteiger partial charge >= 0.3 is 0 Å². The molecule has 2 aromatic rings. The van der Waals surface area contributed by atoms with Crippen molar-refractivity contribution in [2.45, 2.75) is 32.2 Å². The number of nitrogens with one attached hydrogen (secondary N) is 1. The van der Waals surface area contributed by atoms with Gasteiger partial charge in [-0.2, -0.15) is 5.26 Å². The highest BCUT2D eigenvalue weighted by Crippen LogP contribution is 2.46. The molecule has 0 saturated heterocycles. The zero-order chi connectivity index (χ0) is 13.4. The van der Waals surface area contributed by atoms with Gasteiger partial charge in [-0.3, -0.25) is 0 Å². The Morgan fingerprint density at radius 3 is 2.84 bits per heavy atom. The van der Waals surface area contributed by atoms with Crippen molar-refractivity contribution >= 4 is 10.9 Å². The molecule has 1 N–H and O–H groups in total. The van der Waals surface area contributed by atoms with Crippen LogP contribution in [0.25, 0.3) is 10.9 Å². The first-order valence-corrected chi connectivity index (χ1v) is 7.03. The Bertz CT molecular complexity index is 631. The molecule has 0 unspecified atom stereocenters. The van der Waals surface area contributed by atoms with E-state index in [2.05, 4.69) is 36.0 Å². The van der Waals surface area contributed by atoms with E-state index in [0.29, 0.717) is 12.0 Å². The van der Waals surface area contributed by atoms with E-state index < -0.39 is 0 Å². The van der Waals surface area contributed by atoms with Crippen LogP contribution in [0.2, 0.25) is 0 Å². The summed E-state index contributed by atoms with van der Waals surface area (Å²) in [5.41, 5.74) is 3.26. The molecule has 1 aliphatic rings. The van der Waals surface area contributed by atoms with Crippen LogP contribution in [0.3, 0.4) is 0 Å². The van der Waals surface area contributed by atoms with Gasteiger partial charge in [-0.25, -0.2) is 0 Å². The monoisotopic (exact) mass is 253 g/mol. The summed E-state index contributed by atoms with van der Waals surface area (Å²) in [7, 11) is 0. The molecule has 0 spiro atoms. The fourth-order valence-electron chi connectivity index (χ4n) is 3.13. The normalized spacial score (nSPS) is 21.8. The van der Waals surface area contributed by atoms with Crippen molar-refractivity contribution in [3.8, 4) is 6.07 Å². The zero-order valence-electron chi connectivity index (χ0n) is 11.5. The number of rotatable bonds is 4. The molecule has 98 valence electrons. The average molecular weight is 253 g/mol. The average Bonchev–Trinajstić information content (AvgIpc) is 3.11. The molecule has 1 aliphatic carbocycles. The number of hydrogen-bond acceptors (Lipinski definition) is 2. The molecule has 1 heterocycles. The number of fused-ring (bicyclic) bond motifs is 1. The molecule has 1 saturated carbocycles. The van der Waals surface area contributed by atoms with Crippen molar-refractivity contribution in [1.82, 2.24) is 9.88 Å². The van der Waals surface area contributed by atoms with E-state index in [4.69, 9.17) is 5.26 Å². The Morgan fingerprint density at radius 1 is 1.37 bits per heavy atom. The van der Waals surface area contributed by atoms with Crippen LogP contribution in [-0.2, 0) is 0 Å². The summed E-state index contributed by atoms with van der Waals surface area (Å²) in [6, 6.07) is 8.80. The number of H-pyrrole nitrogens is 1. The van der Waals surface area contributed by atoms with Gasteiger partial charge in [0.1, 0.15) is 0 Å². The van der Waals surface area contributed by atoms with Gasteiger partial charge < -0.3 is 9.88 Å². The van der Waals surface area contributed by atoms with E-state index in [9.17, 15) is 0 Å². The smallest absolute Gasteiger partial charge is 0.0991 e. The highest BCUT2D eigenvalue weighted by molar-refractivity contribution is 5.85. The van der Waals surface area contributed by atoms with Gasteiger partial charge in [0.25, 0.3) is 0 Å². The topological polar surface area (TPSA) is 42.8 Å². The standard InChI is InChI=1S/C16H19N3/c1-3-19(4-2)16-8-13(16)14-10-18-15-6-5-11(9-17)7-12(14)15/h5-7,10,13,16,18H,3-4,8H2,1-2H3/t13-,16+/m0/s1. The van der Waals surface area contributed by atoms with Gasteiger partial charge in [-0.05, 0) is 43.3 Å². The van der Waals surface area contributed by atoms with E-state index in [-0.39, 0.29) is 0 Å². The SMILES string of the molecule is CCN(CC)[C@@H]1C[C@H]1c1c[nH]c2ccc(C#N)cc12. The molecule has 0 aliphatic heterocycles. The van der Waals surface area contributed by atoms with Gasteiger partial charge in [0.15, 0.2) is 0 Å². The maximum atomic E-state index is 9.03. The minimum absolute atomic E-state index is 0.627. The van der Waals surface area contributed by atoms with E-state index in [0.717, 1.165) is 24.2 Å². The largest absolute Gasteiger partial charge is 0.361 e. The summed E-state index contributed by atoms with van der Waals surface area (Å²) in [6.07, 6.45) is 3.37. The molecule has 0 bridgehead atoms. The van der Waals surface area contributed by atoms with E-state index in [1.807, 2.05) is 18.2 Å². The van der Waals surface area contributed by atoms with Crippen molar-refractivity contribution < 1.29 is 0 Å². The van der Waals surface area contributed by atoms with Gasteiger partial charge in [0, 0.05) is 29.1 Å². The summed E-state index contributed by atoms with van der Waals surface area (Å²) < 4.78 is 0. The highest BCUT2D eigenvalue weighted by atomic mass is 15.2. The molecule has 3 nitrogen and oxygen atoms in total.